The van der Waals surface area contributed by atoms with Crippen molar-refractivity contribution in [2.75, 3.05) is 16.4 Å². The Bertz CT molecular complexity index is 1640. The van der Waals surface area contributed by atoms with Crippen molar-refractivity contribution in [3.63, 3.8) is 0 Å². The van der Waals surface area contributed by atoms with Gasteiger partial charge in [-0.15, -0.1) is 0 Å². The monoisotopic (exact) mass is 531 g/mol. The number of nitrogen functional groups attached to an aromatic ring is 1. The standard InChI is InChI=1S/C26H26ClN9O2/c1-14(32-22-17(12-28)21(29)30-13-31-22)23-34-19-10-6-9-18(27)20(19)24(37)36(23)16-8-5-7-15(11-16)33-25(38)35-26(2,3)4/h5-11,13-14H,1-4H3,(H2,33,35,38)(H3,29,30,31,32). The van der Waals surface area contributed by atoms with E-state index in [1.807, 2.05) is 26.8 Å². The number of fused-ring (bicyclic) bond motifs is 1. The average Bonchev–Trinajstić information content (AvgIpc) is 2.83. The Balaban J connectivity index is 1.85. The summed E-state index contributed by atoms with van der Waals surface area (Å²) in [4.78, 5) is 39.0. The van der Waals surface area contributed by atoms with Gasteiger partial charge in [-0.1, -0.05) is 23.7 Å². The highest BCUT2D eigenvalue weighted by atomic mass is 35.5. The van der Waals surface area contributed by atoms with Gasteiger partial charge in [0.15, 0.2) is 0 Å². The molecule has 2 aromatic carbocycles. The van der Waals surface area contributed by atoms with E-state index in [0.717, 1.165) is 0 Å². The summed E-state index contributed by atoms with van der Waals surface area (Å²) in [5.74, 6) is 0.552. The summed E-state index contributed by atoms with van der Waals surface area (Å²) in [5.41, 5.74) is 6.41. The highest BCUT2D eigenvalue weighted by Crippen LogP contribution is 2.26. The predicted molar refractivity (Wildman–Crippen MR) is 147 cm³/mol. The number of aromatic nitrogens is 4. The van der Waals surface area contributed by atoms with Crippen LogP contribution in [0.4, 0.5) is 22.1 Å². The van der Waals surface area contributed by atoms with Crippen LogP contribution in [0, 0.1) is 11.3 Å². The zero-order chi connectivity index (χ0) is 27.6. The molecule has 0 fully saturated rings. The molecule has 1 atom stereocenters. The number of amides is 2. The van der Waals surface area contributed by atoms with Crippen molar-refractivity contribution in [3.8, 4) is 11.8 Å². The Morgan fingerprint density at radius 2 is 1.92 bits per heavy atom. The second-order valence-corrected chi connectivity index (χ2v) is 9.99. The number of halogens is 1. The van der Waals surface area contributed by atoms with Crippen LogP contribution in [0.2, 0.25) is 5.02 Å². The van der Waals surface area contributed by atoms with E-state index in [-0.39, 0.29) is 33.6 Å². The molecule has 0 saturated carbocycles. The number of carbonyl (C=O) groups is 1. The smallest absolute Gasteiger partial charge is 0.319 e. The number of nitrogens with two attached hydrogens (primary N) is 1. The van der Waals surface area contributed by atoms with E-state index in [1.165, 1.54) is 10.9 Å². The summed E-state index contributed by atoms with van der Waals surface area (Å²) >= 11 is 6.40. The molecule has 2 heterocycles. The lowest BCUT2D eigenvalue weighted by atomic mass is 10.1. The molecule has 4 rings (SSSR count). The number of nitrogens with zero attached hydrogens (tertiary/aromatic N) is 5. The van der Waals surface area contributed by atoms with Crippen LogP contribution in [0.3, 0.4) is 0 Å². The zero-order valence-electron chi connectivity index (χ0n) is 21.2. The molecule has 0 aliphatic heterocycles. The number of benzene rings is 2. The first-order chi connectivity index (χ1) is 18.0. The fraction of sp³-hybridized carbons (Fsp3) is 0.231. The molecular formula is C26H26ClN9O2. The third-order valence-electron chi connectivity index (χ3n) is 5.45. The topological polar surface area (TPSA) is 164 Å². The summed E-state index contributed by atoms with van der Waals surface area (Å²) in [5, 5.41) is 18.8. The second kappa shape index (κ2) is 10.4. The van der Waals surface area contributed by atoms with Gasteiger partial charge in [0.1, 0.15) is 35.4 Å². The SMILES string of the molecule is CC(Nc1ncnc(N)c1C#N)c1nc2cccc(Cl)c2c(=O)n1-c1cccc(NC(=O)NC(C)(C)C)c1. The molecule has 12 heteroatoms. The lowest BCUT2D eigenvalue weighted by Crippen LogP contribution is -2.43. The molecule has 0 aliphatic rings. The van der Waals surface area contributed by atoms with Crippen molar-refractivity contribution in [2.24, 2.45) is 0 Å². The van der Waals surface area contributed by atoms with Crippen LogP contribution in [0.1, 0.15) is 45.1 Å². The first kappa shape index (κ1) is 26.4. The van der Waals surface area contributed by atoms with Crippen LogP contribution in [-0.2, 0) is 0 Å². The molecule has 5 N–H and O–H groups in total. The van der Waals surface area contributed by atoms with E-state index in [1.54, 1.807) is 49.4 Å². The maximum Gasteiger partial charge on any atom is 0.319 e. The van der Waals surface area contributed by atoms with E-state index in [4.69, 9.17) is 22.3 Å². The molecular weight excluding hydrogens is 506 g/mol. The Morgan fingerprint density at radius 3 is 2.63 bits per heavy atom. The van der Waals surface area contributed by atoms with Crippen molar-refractivity contribution in [1.82, 2.24) is 24.8 Å². The number of nitrogens with one attached hydrogen (secondary N) is 3. The van der Waals surface area contributed by atoms with Gasteiger partial charge in [-0.2, -0.15) is 5.26 Å². The number of rotatable bonds is 5. The van der Waals surface area contributed by atoms with E-state index in [0.29, 0.717) is 22.7 Å². The summed E-state index contributed by atoms with van der Waals surface area (Å²) in [7, 11) is 0. The summed E-state index contributed by atoms with van der Waals surface area (Å²) in [6, 6.07) is 12.8. The number of anilines is 3. The van der Waals surface area contributed by atoms with Crippen LogP contribution in [-0.4, -0.2) is 31.1 Å². The molecule has 0 aliphatic carbocycles. The second-order valence-electron chi connectivity index (χ2n) is 9.58. The number of urea groups is 1. The quantitative estimate of drug-likeness (QED) is 0.294. The minimum atomic E-state index is -0.617. The summed E-state index contributed by atoms with van der Waals surface area (Å²) in [6.45, 7) is 7.39. The van der Waals surface area contributed by atoms with Crippen molar-refractivity contribution in [1.29, 1.82) is 5.26 Å². The van der Waals surface area contributed by atoms with Crippen molar-refractivity contribution in [2.45, 2.75) is 39.3 Å². The largest absolute Gasteiger partial charge is 0.382 e. The zero-order valence-corrected chi connectivity index (χ0v) is 22.0. The Labute approximate surface area is 223 Å². The maximum absolute atomic E-state index is 13.8. The fourth-order valence-electron chi connectivity index (χ4n) is 3.86. The Kier molecular flexibility index (Phi) is 7.19. The summed E-state index contributed by atoms with van der Waals surface area (Å²) < 4.78 is 1.41. The highest BCUT2D eigenvalue weighted by Gasteiger charge is 2.22. The van der Waals surface area contributed by atoms with Gasteiger partial charge in [0.2, 0.25) is 0 Å². The van der Waals surface area contributed by atoms with E-state index >= 15 is 0 Å². The highest BCUT2D eigenvalue weighted by molar-refractivity contribution is 6.35. The van der Waals surface area contributed by atoms with Crippen LogP contribution in [0.5, 0.6) is 0 Å². The van der Waals surface area contributed by atoms with Crippen molar-refractivity contribution >= 4 is 45.9 Å². The molecule has 194 valence electrons. The third-order valence-corrected chi connectivity index (χ3v) is 5.77. The molecule has 0 spiro atoms. The molecule has 4 aromatic rings. The molecule has 0 radical (unpaired) electrons. The van der Waals surface area contributed by atoms with Gasteiger partial charge < -0.3 is 21.7 Å². The summed E-state index contributed by atoms with van der Waals surface area (Å²) in [6.07, 6.45) is 1.24. The number of hydrogen-bond acceptors (Lipinski definition) is 8. The molecule has 2 aromatic heterocycles. The van der Waals surface area contributed by atoms with Crippen molar-refractivity contribution < 1.29 is 4.79 Å². The normalized spacial score (nSPS) is 12.0. The van der Waals surface area contributed by atoms with Gasteiger partial charge in [-0.25, -0.2) is 19.7 Å². The van der Waals surface area contributed by atoms with Gasteiger partial charge >= 0.3 is 6.03 Å². The Hall–Kier alpha value is -4.69. The maximum atomic E-state index is 13.8. The van der Waals surface area contributed by atoms with Crippen molar-refractivity contribution in [3.05, 3.63) is 75.6 Å². The first-order valence-electron chi connectivity index (χ1n) is 11.7. The van der Waals surface area contributed by atoms with E-state index < -0.39 is 17.1 Å². The van der Waals surface area contributed by atoms with Crippen LogP contribution in [0.15, 0.2) is 53.6 Å². The lowest BCUT2D eigenvalue weighted by Gasteiger charge is -2.22. The minimum Gasteiger partial charge on any atom is -0.382 e. The lowest BCUT2D eigenvalue weighted by molar-refractivity contribution is 0.244. The van der Waals surface area contributed by atoms with Gasteiger partial charge in [-0.05, 0) is 58.0 Å². The molecule has 11 nitrogen and oxygen atoms in total. The third kappa shape index (κ3) is 5.50. The Morgan fingerprint density at radius 1 is 1.18 bits per heavy atom. The molecule has 2 amide bonds. The number of nitriles is 1. The number of carbonyl (C=O) groups excluding carboxylic acids is 1. The van der Waals surface area contributed by atoms with Crippen LogP contribution < -0.4 is 27.2 Å². The van der Waals surface area contributed by atoms with E-state index in [9.17, 15) is 14.9 Å². The molecule has 38 heavy (non-hydrogen) atoms. The molecule has 1 unspecified atom stereocenters. The van der Waals surface area contributed by atoms with E-state index in [2.05, 4.69) is 25.9 Å². The average molecular weight is 532 g/mol. The fourth-order valence-corrected chi connectivity index (χ4v) is 4.11. The van der Waals surface area contributed by atoms with Gasteiger partial charge in [-0.3, -0.25) is 9.36 Å². The van der Waals surface area contributed by atoms with Gasteiger partial charge in [0, 0.05) is 11.2 Å². The van der Waals surface area contributed by atoms with Crippen LogP contribution in [0.25, 0.3) is 16.6 Å². The predicted octanol–water partition coefficient (Wildman–Crippen LogP) is 4.38. The molecule has 0 saturated heterocycles. The van der Waals surface area contributed by atoms with Crippen LogP contribution >= 0.6 is 11.6 Å². The van der Waals surface area contributed by atoms with Gasteiger partial charge in [0.25, 0.3) is 5.56 Å². The minimum absolute atomic E-state index is 0.0279. The molecule has 0 bridgehead atoms. The van der Waals surface area contributed by atoms with Gasteiger partial charge in [0.05, 0.1) is 27.7 Å². The first-order valence-corrected chi connectivity index (χ1v) is 12.0. The number of hydrogen-bond donors (Lipinski definition) is 4.